The van der Waals surface area contributed by atoms with Crippen molar-refractivity contribution in [2.45, 2.75) is 9.10 Å². The second kappa shape index (κ2) is 5.64. The number of rotatable bonds is 4. The third-order valence-electron chi connectivity index (χ3n) is 2.21. The van der Waals surface area contributed by atoms with Crippen LogP contribution >= 0.6 is 37.9 Å². The van der Waals surface area contributed by atoms with Crippen molar-refractivity contribution in [2.75, 3.05) is 4.72 Å². The molecule has 0 spiro atoms. The second-order valence-corrected chi connectivity index (χ2v) is 9.87. The van der Waals surface area contributed by atoms with Crippen LogP contribution in [-0.2, 0) is 19.1 Å². The predicted octanol–water partition coefficient (Wildman–Crippen LogP) is 3.24. The first-order valence-electron chi connectivity index (χ1n) is 5.01. The molecule has 1 N–H and O–H groups in total. The van der Waals surface area contributed by atoms with Crippen molar-refractivity contribution in [3.63, 3.8) is 0 Å². The average Bonchev–Trinajstić information content (AvgIpc) is 2.80. The Morgan fingerprint density at radius 3 is 2.35 bits per heavy atom. The summed E-state index contributed by atoms with van der Waals surface area (Å²) in [5.41, 5.74) is 0.231. The highest BCUT2D eigenvalue weighted by Crippen LogP contribution is 2.29. The number of anilines is 1. The molecule has 5 nitrogen and oxygen atoms in total. The van der Waals surface area contributed by atoms with Gasteiger partial charge in [-0.25, -0.2) is 16.8 Å². The Morgan fingerprint density at radius 1 is 1.15 bits per heavy atom. The summed E-state index contributed by atoms with van der Waals surface area (Å²) in [5, 5.41) is 1.65. The van der Waals surface area contributed by atoms with E-state index in [-0.39, 0.29) is 19.3 Å². The van der Waals surface area contributed by atoms with Gasteiger partial charge in [-0.2, -0.15) is 0 Å². The smallest absolute Gasteiger partial charge is 0.271 e. The van der Waals surface area contributed by atoms with E-state index in [0.29, 0.717) is 0 Å². The van der Waals surface area contributed by atoms with Gasteiger partial charge in [0.1, 0.15) is 4.21 Å². The molecular weight excluding hydrogens is 410 g/mol. The first-order valence-corrected chi connectivity index (χ1v) is 10.5. The van der Waals surface area contributed by atoms with Gasteiger partial charge in [0.25, 0.3) is 19.1 Å². The lowest BCUT2D eigenvalue weighted by molar-refractivity contribution is 0.603. The van der Waals surface area contributed by atoms with Crippen LogP contribution < -0.4 is 4.72 Å². The van der Waals surface area contributed by atoms with Crippen LogP contribution in [0.5, 0.6) is 0 Å². The van der Waals surface area contributed by atoms with Crippen LogP contribution in [0, 0.1) is 0 Å². The van der Waals surface area contributed by atoms with Crippen molar-refractivity contribution in [1.82, 2.24) is 0 Å². The molecule has 0 bridgehead atoms. The van der Waals surface area contributed by atoms with E-state index >= 15 is 0 Å². The standard InChI is InChI=1S/C10H7BrClNO4S3/c11-8-6-7(3-4-9(8)19(12,14)15)13-20(16,17)10-2-1-5-18-10/h1-6,13H. The SMILES string of the molecule is O=S(=O)(Cl)c1ccc(NS(=O)(=O)c2cccs2)cc1Br. The fraction of sp³-hybridized carbons (Fsp3) is 0. The molecule has 1 aromatic heterocycles. The maximum atomic E-state index is 12.0. The van der Waals surface area contributed by atoms with Crippen LogP contribution in [0.3, 0.4) is 0 Å². The maximum absolute atomic E-state index is 12.0. The Bertz CT molecular complexity index is 831. The van der Waals surface area contributed by atoms with Crippen LogP contribution in [-0.4, -0.2) is 16.8 Å². The summed E-state index contributed by atoms with van der Waals surface area (Å²) in [4.78, 5) is -0.127. The highest BCUT2D eigenvalue weighted by Gasteiger charge is 2.18. The van der Waals surface area contributed by atoms with Crippen LogP contribution in [0.25, 0.3) is 0 Å². The summed E-state index contributed by atoms with van der Waals surface area (Å²) in [6.07, 6.45) is 0. The molecule has 0 fully saturated rings. The van der Waals surface area contributed by atoms with Gasteiger partial charge in [0.15, 0.2) is 0 Å². The van der Waals surface area contributed by atoms with Crippen LogP contribution in [0.4, 0.5) is 5.69 Å². The summed E-state index contributed by atoms with van der Waals surface area (Å²) in [7, 11) is -2.32. The van der Waals surface area contributed by atoms with E-state index < -0.39 is 19.1 Å². The first kappa shape index (κ1) is 15.8. The third-order valence-corrected chi connectivity index (χ3v) is 7.28. The zero-order valence-electron chi connectivity index (χ0n) is 9.58. The summed E-state index contributed by atoms with van der Waals surface area (Å²) < 4.78 is 49.2. The van der Waals surface area contributed by atoms with Crippen LogP contribution in [0.15, 0.2) is 49.3 Å². The van der Waals surface area contributed by atoms with Crippen molar-refractivity contribution in [3.05, 3.63) is 40.2 Å². The number of halogens is 2. The molecule has 0 saturated carbocycles. The minimum absolute atomic E-state index is 0.127. The maximum Gasteiger partial charge on any atom is 0.271 e. The Labute approximate surface area is 133 Å². The molecule has 20 heavy (non-hydrogen) atoms. The Hall–Kier alpha value is -0.610. The molecule has 0 unspecified atom stereocenters. The first-order chi connectivity index (χ1) is 9.20. The fourth-order valence-electron chi connectivity index (χ4n) is 1.38. The van der Waals surface area contributed by atoms with Crippen LogP contribution in [0.1, 0.15) is 0 Å². The minimum atomic E-state index is -3.89. The molecule has 1 heterocycles. The molecule has 0 radical (unpaired) electrons. The molecule has 0 aliphatic carbocycles. The number of benzene rings is 1. The van der Waals surface area contributed by atoms with E-state index in [1.807, 2.05) is 0 Å². The highest BCUT2D eigenvalue weighted by atomic mass is 79.9. The number of hydrogen-bond donors (Lipinski definition) is 1. The fourth-order valence-corrected chi connectivity index (χ4v) is 5.65. The molecule has 0 amide bonds. The van der Waals surface area contributed by atoms with Gasteiger partial charge in [0.05, 0.1) is 10.6 Å². The number of sulfonamides is 1. The van der Waals surface area contributed by atoms with Crippen LogP contribution in [0.2, 0.25) is 0 Å². The van der Waals surface area contributed by atoms with E-state index in [1.165, 1.54) is 24.3 Å². The molecule has 1 aromatic carbocycles. The summed E-state index contributed by atoms with van der Waals surface area (Å²) in [6.45, 7) is 0. The molecule has 0 saturated heterocycles. The zero-order valence-corrected chi connectivity index (χ0v) is 14.4. The molecule has 108 valence electrons. The normalized spacial score (nSPS) is 12.3. The van der Waals surface area contributed by atoms with Gasteiger partial charge in [-0.15, -0.1) is 11.3 Å². The molecule has 0 aliphatic rings. The molecule has 0 atom stereocenters. The number of nitrogens with one attached hydrogen (secondary N) is 1. The molecular formula is C10H7BrClNO4S3. The van der Waals surface area contributed by atoms with E-state index in [0.717, 1.165) is 11.3 Å². The highest BCUT2D eigenvalue weighted by molar-refractivity contribution is 9.10. The van der Waals surface area contributed by atoms with Gasteiger partial charge < -0.3 is 0 Å². The van der Waals surface area contributed by atoms with Gasteiger partial charge in [-0.05, 0) is 45.6 Å². The Kier molecular flexibility index (Phi) is 4.45. The zero-order chi connectivity index (χ0) is 15.0. The van der Waals surface area contributed by atoms with Gasteiger partial charge in [-0.1, -0.05) is 6.07 Å². The largest absolute Gasteiger partial charge is 0.279 e. The van der Waals surface area contributed by atoms with E-state index in [4.69, 9.17) is 10.7 Å². The third kappa shape index (κ3) is 3.53. The average molecular weight is 417 g/mol. The lowest BCUT2D eigenvalue weighted by Crippen LogP contribution is -2.11. The second-order valence-electron chi connectivity index (χ2n) is 3.62. The monoisotopic (exact) mass is 415 g/mol. The van der Waals surface area contributed by atoms with Crippen molar-refractivity contribution in [2.24, 2.45) is 0 Å². The van der Waals surface area contributed by atoms with E-state index in [9.17, 15) is 16.8 Å². The summed E-state index contributed by atoms with van der Waals surface area (Å²) in [5.74, 6) is 0. The minimum Gasteiger partial charge on any atom is -0.279 e. The van der Waals surface area contributed by atoms with Gasteiger partial charge in [0, 0.05) is 15.2 Å². The summed E-state index contributed by atoms with van der Waals surface area (Å²) >= 11 is 4.12. The molecule has 2 rings (SSSR count). The number of thiophene rings is 1. The van der Waals surface area contributed by atoms with E-state index in [1.54, 1.807) is 11.4 Å². The van der Waals surface area contributed by atoms with Gasteiger partial charge >= 0.3 is 0 Å². The lowest BCUT2D eigenvalue weighted by Gasteiger charge is -2.08. The topological polar surface area (TPSA) is 80.3 Å². The molecule has 2 aromatic rings. The number of hydrogen-bond acceptors (Lipinski definition) is 5. The predicted molar refractivity (Wildman–Crippen MR) is 82.3 cm³/mol. The molecule has 10 heteroatoms. The van der Waals surface area contributed by atoms with Crippen molar-refractivity contribution < 1.29 is 16.8 Å². The van der Waals surface area contributed by atoms with Crippen molar-refractivity contribution in [1.29, 1.82) is 0 Å². The van der Waals surface area contributed by atoms with Gasteiger partial charge in [0.2, 0.25) is 0 Å². The summed E-state index contributed by atoms with van der Waals surface area (Å²) in [6, 6.07) is 6.97. The van der Waals surface area contributed by atoms with Crippen molar-refractivity contribution >= 4 is 62.7 Å². The van der Waals surface area contributed by atoms with Crippen molar-refractivity contribution in [3.8, 4) is 0 Å². The Morgan fingerprint density at radius 2 is 1.85 bits per heavy atom. The van der Waals surface area contributed by atoms with E-state index in [2.05, 4.69) is 20.7 Å². The molecule has 0 aliphatic heterocycles. The quantitative estimate of drug-likeness (QED) is 0.776. The van der Waals surface area contributed by atoms with Gasteiger partial charge in [-0.3, -0.25) is 4.72 Å². The lowest BCUT2D eigenvalue weighted by atomic mass is 10.3. The Balaban J connectivity index is 2.35.